The van der Waals surface area contributed by atoms with Crippen LogP contribution < -0.4 is 10.1 Å². The normalized spacial score (nSPS) is 13.3. The van der Waals surface area contributed by atoms with Gasteiger partial charge in [-0.25, -0.2) is 0 Å². The fourth-order valence-corrected chi connectivity index (χ4v) is 2.19. The number of benzene rings is 1. The SMILES string of the molecule is CCNC(c1ccc(OCCOC)c(Br)c1)C(F)(F)F. The second-order valence-electron chi connectivity index (χ2n) is 4.06. The third-order valence-corrected chi connectivity index (χ3v) is 3.19. The molecule has 0 radical (unpaired) electrons. The van der Waals surface area contributed by atoms with E-state index in [1.54, 1.807) is 14.0 Å². The van der Waals surface area contributed by atoms with Crippen LogP contribution in [0.5, 0.6) is 5.75 Å². The molecule has 1 aromatic rings. The van der Waals surface area contributed by atoms with Gasteiger partial charge in [0.1, 0.15) is 18.4 Å². The van der Waals surface area contributed by atoms with Crippen molar-refractivity contribution in [3.05, 3.63) is 28.2 Å². The zero-order valence-corrected chi connectivity index (χ0v) is 12.8. The van der Waals surface area contributed by atoms with Crippen molar-refractivity contribution in [2.45, 2.75) is 19.1 Å². The molecule has 0 saturated heterocycles. The monoisotopic (exact) mass is 355 g/mol. The molecule has 0 bridgehead atoms. The van der Waals surface area contributed by atoms with Crippen molar-refractivity contribution in [1.82, 2.24) is 5.32 Å². The smallest absolute Gasteiger partial charge is 0.407 e. The third kappa shape index (κ3) is 4.96. The molecule has 0 aliphatic heterocycles. The summed E-state index contributed by atoms with van der Waals surface area (Å²) in [6, 6.07) is 2.67. The summed E-state index contributed by atoms with van der Waals surface area (Å²) in [6.07, 6.45) is -4.34. The molecule has 3 nitrogen and oxygen atoms in total. The van der Waals surface area contributed by atoms with Crippen molar-refractivity contribution in [3.8, 4) is 5.75 Å². The Balaban J connectivity index is 2.88. The van der Waals surface area contributed by atoms with Gasteiger partial charge in [-0.05, 0) is 40.2 Å². The lowest BCUT2D eigenvalue weighted by molar-refractivity contribution is -0.157. The van der Waals surface area contributed by atoms with Gasteiger partial charge in [0, 0.05) is 7.11 Å². The lowest BCUT2D eigenvalue weighted by Gasteiger charge is -2.22. The second kappa shape index (κ2) is 7.85. The summed E-state index contributed by atoms with van der Waals surface area (Å²) in [4.78, 5) is 0. The third-order valence-electron chi connectivity index (χ3n) is 2.57. The van der Waals surface area contributed by atoms with Gasteiger partial charge in [-0.1, -0.05) is 13.0 Å². The molecular weight excluding hydrogens is 339 g/mol. The summed E-state index contributed by atoms with van der Waals surface area (Å²) in [5, 5.41) is 2.43. The maximum Gasteiger partial charge on any atom is 0.407 e. The van der Waals surface area contributed by atoms with Crippen LogP contribution in [-0.2, 0) is 4.74 Å². The highest BCUT2D eigenvalue weighted by molar-refractivity contribution is 9.10. The highest BCUT2D eigenvalue weighted by Gasteiger charge is 2.40. The van der Waals surface area contributed by atoms with E-state index >= 15 is 0 Å². The topological polar surface area (TPSA) is 30.5 Å². The van der Waals surface area contributed by atoms with Crippen LogP contribution in [-0.4, -0.2) is 33.0 Å². The molecule has 1 N–H and O–H groups in total. The highest BCUT2D eigenvalue weighted by Crippen LogP contribution is 2.36. The minimum atomic E-state index is -4.34. The Morgan fingerprint density at radius 2 is 2.00 bits per heavy atom. The fourth-order valence-electron chi connectivity index (χ4n) is 1.68. The number of alkyl halides is 3. The molecule has 0 saturated carbocycles. The molecule has 0 fully saturated rings. The van der Waals surface area contributed by atoms with Gasteiger partial charge in [-0.3, -0.25) is 0 Å². The number of nitrogens with one attached hydrogen (secondary N) is 1. The lowest BCUT2D eigenvalue weighted by Crippen LogP contribution is -2.34. The van der Waals surface area contributed by atoms with Crippen LogP contribution in [0, 0.1) is 0 Å². The minimum Gasteiger partial charge on any atom is -0.490 e. The Morgan fingerprint density at radius 3 is 2.50 bits per heavy atom. The van der Waals surface area contributed by atoms with Gasteiger partial charge >= 0.3 is 6.18 Å². The molecule has 0 heterocycles. The predicted octanol–water partition coefficient (Wildman–Crippen LogP) is 3.69. The second-order valence-corrected chi connectivity index (χ2v) is 4.92. The van der Waals surface area contributed by atoms with Crippen LogP contribution in [0.25, 0.3) is 0 Å². The summed E-state index contributed by atoms with van der Waals surface area (Å²) >= 11 is 3.22. The van der Waals surface area contributed by atoms with Gasteiger partial charge in [0.2, 0.25) is 0 Å². The first-order valence-electron chi connectivity index (χ1n) is 6.11. The Bertz CT molecular complexity index is 427. The van der Waals surface area contributed by atoms with Crippen LogP contribution in [0.3, 0.4) is 0 Å². The van der Waals surface area contributed by atoms with E-state index in [9.17, 15) is 13.2 Å². The molecule has 20 heavy (non-hydrogen) atoms. The first-order chi connectivity index (χ1) is 9.40. The molecule has 0 aromatic heterocycles. The van der Waals surface area contributed by atoms with E-state index in [2.05, 4.69) is 21.2 Å². The van der Waals surface area contributed by atoms with Crippen molar-refractivity contribution in [1.29, 1.82) is 0 Å². The van der Waals surface area contributed by atoms with E-state index in [4.69, 9.17) is 9.47 Å². The first-order valence-corrected chi connectivity index (χ1v) is 6.90. The van der Waals surface area contributed by atoms with Crippen molar-refractivity contribution in [3.63, 3.8) is 0 Å². The van der Waals surface area contributed by atoms with E-state index in [0.717, 1.165) is 0 Å². The summed E-state index contributed by atoms with van der Waals surface area (Å²) in [6.45, 7) is 2.62. The molecule has 0 aliphatic carbocycles. The summed E-state index contributed by atoms with van der Waals surface area (Å²) in [5.74, 6) is 0.489. The number of methoxy groups -OCH3 is 1. The van der Waals surface area contributed by atoms with E-state index in [0.29, 0.717) is 23.4 Å². The maximum absolute atomic E-state index is 12.9. The highest BCUT2D eigenvalue weighted by atomic mass is 79.9. The Hall–Kier alpha value is -0.790. The molecule has 1 rings (SSSR count). The Labute approximate surface area is 124 Å². The molecule has 1 atom stereocenters. The fraction of sp³-hybridized carbons (Fsp3) is 0.538. The zero-order valence-electron chi connectivity index (χ0n) is 11.3. The van der Waals surface area contributed by atoms with Gasteiger partial charge in [0.05, 0.1) is 11.1 Å². The van der Waals surface area contributed by atoms with E-state index in [1.807, 2.05) is 0 Å². The molecule has 114 valence electrons. The molecule has 0 aliphatic rings. The van der Waals surface area contributed by atoms with Crippen LogP contribution in [0.4, 0.5) is 13.2 Å². The molecule has 0 spiro atoms. The molecule has 0 amide bonds. The Morgan fingerprint density at radius 1 is 1.30 bits per heavy atom. The van der Waals surface area contributed by atoms with E-state index in [1.165, 1.54) is 18.2 Å². The van der Waals surface area contributed by atoms with Gasteiger partial charge in [-0.2, -0.15) is 13.2 Å². The van der Waals surface area contributed by atoms with Crippen LogP contribution in [0.2, 0.25) is 0 Å². The summed E-state index contributed by atoms with van der Waals surface area (Å²) < 4.78 is 49.6. The van der Waals surface area contributed by atoms with E-state index < -0.39 is 12.2 Å². The van der Waals surface area contributed by atoms with Crippen molar-refractivity contribution in [2.24, 2.45) is 0 Å². The van der Waals surface area contributed by atoms with Gasteiger partial charge < -0.3 is 14.8 Å². The van der Waals surface area contributed by atoms with Gasteiger partial charge in [0.15, 0.2) is 0 Å². The summed E-state index contributed by atoms with van der Waals surface area (Å²) in [7, 11) is 1.55. The minimum absolute atomic E-state index is 0.144. The van der Waals surface area contributed by atoms with Gasteiger partial charge in [-0.15, -0.1) is 0 Å². The Kier molecular flexibility index (Phi) is 6.78. The molecule has 1 unspecified atom stereocenters. The molecule has 7 heteroatoms. The lowest BCUT2D eigenvalue weighted by atomic mass is 10.1. The number of halogens is 4. The van der Waals surface area contributed by atoms with Crippen molar-refractivity contribution >= 4 is 15.9 Å². The van der Waals surface area contributed by atoms with Crippen LogP contribution in [0.1, 0.15) is 18.5 Å². The molecular formula is C13H17BrF3NO2. The first kappa shape index (κ1) is 17.3. The van der Waals surface area contributed by atoms with Crippen molar-refractivity contribution < 1.29 is 22.6 Å². The number of hydrogen-bond acceptors (Lipinski definition) is 3. The number of hydrogen-bond donors (Lipinski definition) is 1. The predicted molar refractivity (Wildman–Crippen MR) is 74.0 cm³/mol. The molecule has 1 aromatic carbocycles. The summed E-state index contributed by atoms with van der Waals surface area (Å²) in [5.41, 5.74) is 0.144. The van der Waals surface area contributed by atoms with Gasteiger partial charge in [0.25, 0.3) is 0 Å². The standard InChI is InChI=1S/C13H17BrF3NO2/c1-3-18-12(13(15,16)17)9-4-5-11(10(14)8-9)20-7-6-19-2/h4-5,8,12,18H,3,6-7H2,1-2H3. The van der Waals surface area contributed by atoms with Crippen LogP contribution >= 0.6 is 15.9 Å². The zero-order chi connectivity index (χ0) is 15.2. The van der Waals surface area contributed by atoms with Crippen molar-refractivity contribution in [2.75, 3.05) is 26.9 Å². The largest absolute Gasteiger partial charge is 0.490 e. The average Bonchev–Trinajstić information content (AvgIpc) is 2.37. The average molecular weight is 356 g/mol. The van der Waals surface area contributed by atoms with E-state index in [-0.39, 0.29) is 12.1 Å². The number of ether oxygens (including phenoxy) is 2. The van der Waals surface area contributed by atoms with Crippen LogP contribution in [0.15, 0.2) is 22.7 Å². The maximum atomic E-state index is 12.9. The number of rotatable bonds is 7. The quantitative estimate of drug-likeness (QED) is 0.756.